The topological polar surface area (TPSA) is 15.8 Å². The smallest absolute Gasteiger partial charge is 0.0659 e. The Morgan fingerprint density at radius 2 is 1.67 bits per heavy atom. The van der Waals surface area contributed by atoms with Gasteiger partial charge >= 0.3 is 0 Å². The first-order chi connectivity index (χ1) is 7.27. The van der Waals surface area contributed by atoms with E-state index in [4.69, 9.17) is 11.6 Å². The fraction of sp³-hybridized carbons (Fsp3) is 0.385. The molecule has 0 aliphatic rings. The van der Waals surface area contributed by atoms with Gasteiger partial charge in [-0.15, -0.1) is 0 Å². The molecule has 1 N–H and O–H groups in total. The minimum Gasteiger partial charge on any atom is -0.360 e. The van der Waals surface area contributed by atoms with Gasteiger partial charge in [0, 0.05) is 17.1 Å². The van der Waals surface area contributed by atoms with E-state index in [1.807, 2.05) is 40.0 Å². The normalized spacial score (nSPS) is 8.67. The maximum absolute atomic E-state index is 5.91. The van der Waals surface area contributed by atoms with Crippen LogP contribution in [-0.2, 0) is 0 Å². The van der Waals surface area contributed by atoms with Crippen molar-refractivity contribution in [2.75, 3.05) is 0 Å². The van der Waals surface area contributed by atoms with Crippen LogP contribution in [0.15, 0.2) is 24.4 Å². The molecule has 1 heterocycles. The summed E-state index contributed by atoms with van der Waals surface area (Å²) in [5, 5.41) is 1.90. The average Bonchev–Trinajstić information content (AvgIpc) is 2.66. The number of fused-ring (bicyclic) bond motifs is 1. The number of hydrogen-bond donors (Lipinski definition) is 1. The number of halogens is 1. The Labute approximate surface area is 97.5 Å². The molecule has 0 amide bonds. The van der Waals surface area contributed by atoms with E-state index in [0.717, 1.165) is 15.9 Å². The van der Waals surface area contributed by atoms with Crippen LogP contribution in [0.1, 0.15) is 33.3 Å². The number of H-pyrrole nitrogens is 1. The number of aromatic amines is 1. The Bertz CT molecular complexity index is 390. The summed E-state index contributed by atoms with van der Waals surface area (Å²) in [6.45, 7) is 10.1. The zero-order valence-electron chi connectivity index (χ0n) is 10.2. The molecule has 1 nitrogen and oxygen atoms in total. The lowest BCUT2D eigenvalue weighted by atomic mass is 10.2. The molecule has 0 saturated carbocycles. The van der Waals surface area contributed by atoms with Crippen molar-refractivity contribution in [2.45, 2.75) is 34.6 Å². The quantitative estimate of drug-likeness (QED) is 0.636. The molecule has 0 aliphatic heterocycles. The van der Waals surface area contributed by atoms with E-state index in [1.54, 1.807) is 0 Å². The largest absolute Gasteiger partial charge is 0.360 e. The fourth-order valence-electron chi connectivity index (χ4n) is 1.20. The Kier molecular flexibility index (Phi) is 6.89. The standard InChI is InChI=1S/C9H8ClN.2C2H6/c1-6-2-3-9-7(4-6)8(10)5-11-9;2*1-2/h2-5,11H,1H3;2*1-2H3. The SMILES string of the molecule is CC.CC.Cc1ccc2[nH]cc(Cl)c2c1. The summed E-state index contributed by atoms with van der Waals surface area (Å²) in [6, 6.07) is 6.18. The van der Waals surface area contributed by atoms with E-state index >= 15 is 0 Å². The molecule has 2 heteroatoms. The molecule has 0 aliphatic carbocycles. The maximum atomic E-state index is 5.91. The van der Waals surface area contributed by atoms with E-state index in [0.29, 0.717) is 0 Å². The highest BCUT2D eigenvalue weighted by Crippen LogP contribution is 2.23. The second-order valence-corrected chi connectivity index (χ2v) is 3.09. The zero-order chi connectivity index (χ0) is 11.8. The third-order valence-corrected chi connectivity index (χ3v) is 2.10. The molecular weight excluding hydrogens is 206 g/mol. The number of nitrogens with one attached hydrogen (secondary N) is 1. The van der Waals surface area contributed by atoms with Crippen molar-refractivity contribution in [2.24, 2.45) is 0 Å². The van der Waals surface area contributed by atoms with E-state index < -0.39 is 0 Å². The van der Waals surface area contributed by atoms with Gasteiger partial charge in [0.2, 0.25) is 0 Å². The lowest BCUT2D eigenvalue weighted by molar-refractivity contribution is 1.46. The summed E-state index contributed by atoms with van der Waals surface area (Å²) < 4.78 is 0. The van der Waals surface area contributed by atoms with Crippen molar-refractivity contribution < 1.29 is 0 Å². The van der Waals surface area contributed by atoms with Crippen LogP contribution in [0.25, 0.3) is 10.9 Å². The number of aryl methyl sites for hydroxylation is 1. The lowest BCUT2D eigenvalue weighted by Gasteiger charge is -1.92. The van der Waals surface area contributed by atoms with E-state index in [1.165, 1.54) is 5.56 Å². The van der Waals surface area contributed by atoms with Crippen LogP contribution < -0.4 is 0 Å². The second-order valence-electron chi connectivity index (χ2n) is 2.69. The third kappa shape index (κ3) is 3.60. The molecule has 1 aromatic carbocycles. The Hall–Kier alpha value is -0.950. The molecule has 84 valence electrons. The van der Waals surface area contributed by atoms with Crippen molar-refractivity contribution in [3.05, 3.63) is 35.0 Å². The first-order valence-corrected chi connectivity index (χ1v) is 5.88. The molecule has 15 heavy (non-hydrogen) atoms. The highest BCUT2D eigenvalue weighted by molar-refractivity contribution is 6.35. The van der Waals surface area contributed by atoms with Gasteiger partial charge in [0.1, 0.15) is 0 Å². The summed E-state index contributed by atoms with van der Waals surface area (Å²) in [4.78, 5) is 3.08. The van der Waals surface area contributed by atoms with Gasteiger partial charge in [-0.1, -0.05) is 50.9 Å². The predicted molar refractivity (Wildman–Crippen MR) is 70.7 cm³/mol. The number of benzene rings is 1. The minimum atomic E-state index is 0.795. The second kappa shape index (κ2) is 7.36. The Morgan fingerprint density at radius 1 is 1.07 bits per heavy atom. The molecule has 0 bridgehead atoms. The van der Waals surface area contributed by atoms with Gasteiger partial charge in [-0.2, -0.15) is 0 Å². The van der Waals surface area contributed by atoms with Crippen LogP contribution in [0.2, 0.25) is 5.02 Å². The molecule has 0 radical (unpaired) electrons. The van der Waals surface area contributed by atoms with Gasteiger partial charge in [0.25, 0.3) is 0 Å². The average molecular weight is 226 g/mol. The zero-order valence-corrected chi connectivity index (χ0v) is 10.9. The minimum absolute atomic E-state index is 0.795. The fourth-order valence-corrected chi connectivity index (χ4v) is 1.41. The molecule has 0 saturated heterocycles. The highest BCUT2D eigenvalue weighted by Gasteiger charge is 1.99. The predicted octanol–water partition coefficient (Wildman–Crippen LogP) is 5.18. The summed E-state index contributed by atoms with van der Waals surface area (Å²) in [5.41, 5.74) is 2.33. The molecule has 2 aromatic rings. The molecule has 0 atom stereocenters. The van der Waals surface area contributed by atoms with Crippen LogP contribution >= 0.6 is 11.6 Å². The van der Waals surface area contributed by atoms with Crippen LogP contribution in [0.4, 0.5) is 0 Å². The van der Waals surface area contributed by atoms with Crippen molar-refractivity contribution >= 4 is 22.5 Å². The first kappa shape index (κ1) is 14.1. The van der Waals surface area contributed by atoms with Gasteiger partial charge in [-0.05, 0) is 19.1 Å². The van der Waals surface area contributed by atoms with Crippen LogP contribution in [0.5, 0.6) is 0 Å². The lowest BCUT2D eigenvalue weighted by Crippen LogP contribution is -1.70. The summed E-state index contributed by atoms with van der Waals surface area (Å²) in [6.07, 6.45) is 1.81. The van der Waals surface area contributed by atoms with Crippen molar-refractivity contribution in [1.82, 2.24) is 4.98 Å². The van der Waals surface area contributed by atoms with E-state index in [-0.39, 0.29) is 0 Å². The summed E-state index contributed by atoms with van der Waals surface area (Å²) in [5.74, 6) is 0. The number of rotatable bonds is 0. The Balaban J connectivity index is 0.000000442. The summed E-state index contributed by atoms with van der Waals surface area (Å²) in [7, 11) is 0. The molecule has 0 unspecified atom stereocenters. The van der Waals surface area contributed by atoms with Gasteiger partial charge in [0.05, 0.1) is 5.02 Å². The molecular formula is C13H20ClN. The third-order valence-electron chi connectivity index (χ3n) is 1.79. The van der Waals surface area contributed by atoms with Crippen LogP contribution in [0, 0.1) is 6.92 Å². The van der Waals surface area contributed by atoms with E-state index in [9.17, 15) is 0 Å². The van der Waals surface area contributed by atoms with Crippen LogP contribution in [0.3, 0.4) is 0 Å². The van der Waals surface area contributed by atoms with Gasteiger partial charge in [-0.25, -0.2) is 0 Å². The summed E-state index contributed by atoms with van der Waals surface area (Å²) >= 11 is 5.91. The van der Waals surface area contributed by atoms with Crippen molar-refractivity contribution in [3.8, 4) is 0 Å². The molecule has 1 aromatic heterocycles. The first-order valence-electron chi connectivity index (χ1n) is 5.50. The van der Waals surface area contributed by atoms with Gasteiger partial charge in [-0.3, -0.25) is 0 Å². The van der Waals surface area contributed by atoms with Gasteiger partial charge in [0.15, 0.2) is 0 Å². The van der Waals surface area contributed by atoms with Crippen molar-refractivity contribution in [1.29, 1.82) is 0 Å². The highest BCUT2D eigenvalue weighted by atomic mass is 35.5. The molecule has 2 rings (SSSR count). The van der Waals surface area contributed by atoms with E-state index in [2.05, 4.69) is 24.0 Å². The molecule has 0 spiro atoms. The Morgan fingerprint density at radius 3 is 2.27 bits per heavy atom. The number of aromatic nitrogens is 1. The maximum Gasteiger partial charge on any atom is 0.0659 e. The van der Waals surface area contributed by atoms with Gasteiger partial charge < -0.3 is 4.98 Å². The molecule has 0 fully saturated rings. The van der Waals surface area contributed by atoms with Crippen LogP contribution in [-0.4, -0.2) is 4.98 Å². The van der Waals surface area contributed by atoms with Crippen molar-refractivity contribution in [3.63, 3.8) is 0 Å². The monoisotopic (exact) mass is 225 g/mol. The number of hydrogen-bond acceptors (Lipinski definition) is 0.